The topological polar surface area (TPSA) is 9.23 Å². The molecule has 1 heterocycles. The summed E-state index contributed by atoms with van der Waals surface area (Å²) in [4.78, 5) is 1.30. The average Bonchev–Trinajstić information content (AvgIpc) is 2.89. The molecule has 0 N–H and O–H groups in total. The minimum atomic E-state index is 0.139. The van der Waals surface area contributed by atoms with Crippen LogP contribution in [0.5, 0.6) is 0 Å². The van der Waals surface area contributed by atoms with E-state index in [1.54, 1.807) is 7.11 Å². The van der Waals surface area contributed by atoms with Crippen LogP contribution in [0.15, 0.2) is 60.7 Å². The average molecular weight is 268 g/mol. The molecule has 3 rings (SSSR count). The van der Waals surface area contributed by atoms with Crippen LogP contribution in [0.4, 0.5) is 0 Å². The summed E-state index contributed by atoms with van der Waals surface area (Å²) in [5.74, 6) is 0. The van der Waals surface area contributed by atoms with Crippen molar-refractivity contribution in [2.45, 2.75) is 12.5 Å². The number of hydrogen-bond acceptors (Lipinski definition) is 2. The Morgan fingerprint density at radius 3 is 2.47 bits per heavy atom. The van der Waals surface area contributed by atoms with Crippen LogP contribution in [-0.4, -0.2) is 7.11 Å². The molecule has 0 amide bonds. The van der Waals surface area contributed by atoms with E-state index < -0.39 is 0 Å². The van der Waals surface area contributed by atoms with Crippen molar-refractivity contribution in [3.8, 4) is 0 Å². The largest absolute Gasteiger partial charge is 0.376 e. The zero-order chi connectivity index (χ0) is 13.1. The molecule has 2 heteroatoms. The maximum absolute atomic E-state index is 5.68. The van der Waals surface area contributed by atoms with Crippen LogP contribution in [0.1, 0.15) is 16.5 Å². The number of fused-ring (bicyclic) bond motifs is 1. The quantitative estimate of drug-likeness (QED) is 0.658. The zero-order valence-electron chi connectivity index (χ0n) is 10.9. The van der Waals surface area contributed by atoms with E-state index in [1.165, 1.54) is 20.5 Å². The summed E-state index contributed by atoms with van der Waals surface area (Å²) >= 11 is 1.82. The van der Waals surface area contributed by atoms with E-state index in [-0.39, 0.29) is 6.10 Å². The van der Waals surface area contributed by atoms with Gasteiger partial charge in [-0.15, -0.1) is 11.3 Å². The summed E-state index contributed by atoms with van der Waals surface area (Å²) in [6.45, 7) is 0. The molecule has 0 bridgehead atoms. The summed E-state index contributed by atoms with van der Waals surface area (Å²) < 4.78 is 7.01. The van der Waals surface area contributed by atoms with E-state index in [9.17, 15) is 0 Å². The first-order valence-corrected chi connectivity index (χ1v) is 7.23. The van der Waals surface area contributed by atoms with Crippen LogP contribution in [0.3, 0.4) is 0 Å². The molecule has 1 nitrogen and oxygen atoms in total. The molecule has 2 aromatic carbocycles. The molecule has 0 aliphatic rings. The van der Waals surface area contributed by atoms with Gasteiger partial charge in [-0.3, -0.25) is 0 Å². The number of rotatable bonds is 4. The maximum Gasteiger partial charge on any atom is 0.0953 e. The molecule has 0 saturated carbocycles. The highest BCUT2D eigenvalue weighted by Crippen LogP contribution is 2.32. The maximum atomic E-state index is 5.68. The summed E-state index contributed by atoms with van der Waals surface area (Å²) in [6.07, 6.45) is 1.06. The van der Waals surface area contributed by atoms with Crippen molar-refractivity contribution in [1.29, 1.82) is 0 Å². The predicted octanol–water partition coefficient (Wildman–Crippen LogP) is 4.83. The lowest BCUT2D eigenvalue weighted by molar-refractivity contribution is 0.107. The lowest BCUT2D eigenvalue weighted by Gasteiger charge is -2.13. The molecule has 1 atom stereocenters. The highest BCUT2D eigenvalue weighted by Gasteiger charge is 2.14. The Balaban J connectivity index is 1.89. The summed E-state index contributed by atoms with van der Waals surface area (Å²) in [7, 11) is 1.79. The van der Waals surface area contributed by atoms with Crippen molar-refractivity contribution in [2.75, 3.05) is 7.11 Å². The molecule has 0 spiro atoms. The Labute approximate surface area is 117 Å². The van der Waals surface area contributed by atoms with Gasteiger partial charge in [0.25, 0.3) is 0 Å². The van der Waals surface area contributed by atoms with Crippen LogP contribution < -0.4 is 0 Å². The minimum Gasteiger partial charge on any atom is -0.376 e. The van der Waals surface area contributed by atoms with E-state index in [2.05, 4.69) is 54.6 Å². The monoisotopic (exact) mass is 268 g/mol. The van der Waals surface area contributed by atoms with E-state index in [0.29, 0.717) is 0 Å². The molecule has 1 unspecified atom stereocenters. The first-order chi connectivity index (χ1) is 9.36. The van der Waals surface area contributed by atoms with Gasteiger partial charge in [0.2, 0.25) is 0 Å². The van der Waals surface area contributed by atoms with Gasteiger partial charge in [0.05, 0.1) is 6.10 Å². The van der Waals surface area contributed by atoms with Crippen LogP contribution >= 0.6 is 11.3 Å². The van der Waals surface area contributed by atoms with Crippen molar-refractivity contribution in [1.82, 2.24) is 0 Å². The van der Waals surface area contributed by atoms with Gasteiger partial charge >= 0.3 is 0 Å². The fourth-order valence-electron chi connectivity index (χ4n) is 2.29. The van der Waals surface area contributed by atoms with Crippen LogP contribution in [0, 0.1) is 0 Å². The van der Waals surface area contributed by atoms with Gasteiger partial charge in [-0.2, -0.15) is 0 Å². The Kier molecular flexibility index (Phi) is 3.62. The number of benzene rings is 2. The molecule has 19 heavy (non-hydrogen) atoms. The van der Waals surface area contributed by atoms with Gasteiger partial charge in [-0.25, -0.2) is 0 Å². The Morgan fingerprint density at radius 2 is 1.74 bits per heavy atom. The lowest BCUT2D eigenvalue weighted by Crippen LogP contribution is -2.03. The third-order valence-corrected chi connectivity index (χ3v) is 4.52. The van der Waals surface area contributed by atoms with Crippen LogP contribution in [0.2, 0.25) is 0 Å². The first kappa shape index (κ1) is 12.4. The highest BCUT2D eigenvalue weighted by molar-refractivity contribution is 7.19. The normalized spacial score (nSPS) is 12.7. The molecule has 0 fully saturated rings. The van der Waals surface area contributed by atoms with Gasteiger partial charge in [-0.1, -0.05) is 48.5 Å². The number of ether oxygens (including phenoxy) is 1. The van der Waals surface area contributed by atoms with E-state index in [4.69, 9.17) is 4.74 Å². The number of methoxy groups -OCH3 is 1. The third-order valence-electron chi connectivity index (χ3n) is 3.31. The van der Waals surface area contributed by atoms with Gasteiger partial charge in [-0.05, 0) is 23.1 Å². The number of thiophene rings is 1. The molecule has 96 valence electrons. The molecule has 0 aliphatic heterocycles. The molecule has 0 radical (unpaired) electrons. The standard InChI is InChI=1S/C17H16OS/c1-18-15(11-13-7-3-2-4-8-13)17-12-14-9-5-6-10-16(14)19-17/h2-10,12,15H,11H2,1H3. The zero-order valence-corrected chi connectivity index (χ0v) is 11.7. The Bertz CT molecular complexity index is 624. The van der Waals surface area contributed by atoms with Crippen LogP contribution in [0.25, 0.3) is 10.1 Å². The smallest absolute Gasteiger partial charge is 0.0953 e. The molecule has 3 aromatic rings. The van der Waals surface area contributed by atoms with E-state index >= 15 is 0 Å². The van der Waals surface area contributed by atoms with E-state index in [1.807, 2.05) is 17.4 Å². The van der Waals surface area contributed by atoms with Gasteiger partial charge in [0.15, 0.2) is 0 Å². The van der Waals surface area contributed by atoms with Crippen molar-refractivity contribution in [2.24, 2.45) is 0 Å². The fourth-order valence-corrected chi connectivity index (χ4v) is 3.43. The predicted molar refractivity (Wildman–Crippen MR) is 81.7 cm³/mol. The summed E-state index contributed by atoms with van der Waals surface area (Å²) in [6, 6.07) is 21.2. The van der Waals surface area contributed by atoms with Crippen LogP contribution in [-0.2, 0) is 11.2 Å². The SMILES string of the molecule is COC(Cc1ccccc1)c1cc2ccccc2s1. The molecular formula is C17H16OS. The molecular weight excluding hydrogens is 252 g/mol. The molecule has 1 aromatic heterocycles. The van der Waals surface area contributed by atoms with Crippen molar-refractivity contribution in [3.05, 3.63) is 71.1 Å². The Hall–Kier alpha value is -1.64. The molecule has 0 saturated heterocycles. The third kappa shape index (κ3) is 2.70. The van der Waals surface area contributed by atoms with Gasteiger partial charge in [0, 0.05) is 23.1 Å². The minimum absolute atomic E-state index is 0.139. The molecule has 0 aliphatic carbocycles. The summed E-state index contributed by atoms with van der Waals surface area (Å²) in [5.41, 5.74) is 1.31. The lowest BCUT2D eigenvalue weighted by atomic mass is 10.1. The van der Waals surface area contributed by atoms with Gasteiger partial charge < -0.3 is 4.74 Å². The second kappa shape index (κ2) is 5.55. The number of hydrogen-bond donors (Lipinski definition) is 0. The fraction of sp³-hybridized carbons (Fsp3) is 0.176. The second-order valence-electron chi connectivity index (χ2n) is 4.60. The van der Waals surface area contributed by atoms with Crippen molar-refractivity contribution < 1.29 is 4.74 Å². The first-order valence-electron chi connectivity index (χ1n) is 6.42. The van der Waals surface area contributed by atoms with Gasteiger partial charge in [0.1, 0.15) is 0 Å². The van der Waals surface area contributed by atoms with Crippen molar-refractivity contribution >= 4 is 21.4 Å². The van der Waals surface area contributed by atoms with E-state index in [0.717, 1.165) is 6.42 Å². The summed E-state index contributed by atoms with van der Waals surface area (Å²) in [5, 5.41) is 1.30. The Morgan fingerprint density at radius 1 is 1.00 bits per heavy atom. The van der Waals surface area contributed by atoms with Crippen molar-refractivity contribution in [3.63, 3.8) is 0 Å². The second-order valence-corrected chi connectivity index (χ2v) is 5.72. The highest BCUT2D eigenvalue weighted by atomic mass is 32.1.